The Kier molecular flexibility index (Phi) is 4.29. The predicted octanol–water partition coefficient (Wildman–Crippen LogP) is 1.91. The Labute approximate surface area is 146 Å². The van der Waals surface area contributed by atoms with Gasteiger partial charge < -0.3 is 9.64 Å². The highest BCUT2D eigenvalue weighted by molar-refractivity contribution is 5.78. The molecule has 1 amide bonds. The van der Waals surface area contributed by atoms with Crippen molar-refractivity contribution in [2.24, 2.45) is 0 Å². The molecule has 0 radical (unpaired) electrons. The number of ether oxygens (including phenoxy) is 1. The van der Waals surface area contributed by atoms with Gasteiger partial charge in [0.1, 0.15) is 5.82 Å². The Bertz CT molecular complexity index is 857. The Balaban J connectivity index is 1.57. The lowest BCUT2D eigenvalue weighted by Gasteiger charge is -2.31. The molecule has 4 rings (SSSR count). The second kappa shape index (κ2) is 6.59. The van der Waals surface area contributed by atoms with Crippen LogP contribution in [0.3, 0.4) is 0 Å². The van der Waals surface area contributed by atoms with Gasteiger partial charge in [-0.2, -0.15) is 0 Å². The fourth-order valence-electron chi connectivity index (χ4n) is 3.50. The molecule has 132 valence electrons. The number of benzene rings is 1. The van der Waals surface area contributed by atoms with Crippen LogP contribution in [0.2, 0.25) is 0 Å². The van der Waals surface area contributed by atoms with Crippen molar-refractivity contribution in [1.29, 1.82) is 0 Å². The number of hydrogen-bond donors (Lipinski definition) is 0. The van der Waals surface area contributed by atoms with E-state index in [2.05, 4.69) is 0 Å². The summed E-state index contributed by atoms with van der Waals surface area (Å²) in [6.07, 6.45) is 3.00. The third kappa shape index (κ3) is 3.31. The standard InChI is InChI=1S/C19H23N3O3/c1-13-12-21(10-11-25-13)18(23)9-8-17-20-16-5-3-2-4-15(16)19(24)22(17)14-6-7-14/h2-5,13-14H,6-12H2,1H3/t13-/m1/s1. The number of fused-ring (bicyclic) bond motifs is 1. The Hall–Kier alpha value is -2.21. The van der Waals surface area contributed by atoms with E-state index in [9.17, 15) is 9.59 Å². The van der Waals surface area contributed by atoms with E-state index in [1.54, 1.807) is 0 Å². The summed E-state index contributed by atoms with van der Waals surface area (Å²) in [5, 5.41) is 0.659. The molecule has 0 unspecified atom stereocenters. The molecule has 6 heteroatoms. The van der Waals surface area contributed by atoms with Gasteiger partial charge in [-0.15, -0.1) is 0 Å². The quantitative estimate of drug-likeness (QED) is 0.852. The normalized spacial score (nSPS) is 20.8. The minimum atomic E-state index is 0.0237. The summed E-state index contributed by atoms with van der Waals surface area (Å²) < 4.78 is 7.31. The molecule has 2 aliphatic rings. The van der Waals surface area contributed by atoms with Gasteiger partial charge in [-0.1, -0.05) is 12.1 Å². The van der Waals surface area contributed by atoms with Gasteiger partial charge in [0.25, 0.3) is 5.56 Å². The van der Waals surface area contributed by atoms with Gasteiger partial charge in [-0.3, -0.25) is 14.2 Å². The zero-order chi connectivity index (χ0) is 17.4. The first kappa shape index (κ1) is 16.3. The molecule has 2 heterocycles. The number of aromatic nitrogens is 2. The van der Waals surface area contributed by atoms with Crippen LogP contribution in [-0.2, 0) is 16.0 Å². The topological polar surface area (TPSA) is 64.4 Å². The first-order valence-electron chi connectivity index (χ1n) is 9.03. The number of para-hydroxylation sites is 1. The van der Waals surface area contributed by atoms with Gasteiger partial charge >= 0.3 is 0 Å². The van der Waals surface area contributed by atoms with Crippen molar-refractivity contribution in [3.63, 3.8) is 0 Å². The summed E-state index contributed by atoms with van der Waals surface area (Å²) in [6.45, 7) is 3.85. The van der Waals surface area contributed by atoms with Crippen molar-refractivity contribution in [2.75, 3.05) is 19.7 Å². The molecule has 1 saturated carbocycles. The monoisotopic (exact) mass is 341 g/mol. The van der Waals surface area contributed by atoms with Crippen LogP contribution in [0.15, 0.2) is 29.1 Å². The number of nitrogens with zero attached hydrogens (tertiary/aromatic N) is 3. The number of aryl methyl sites for hydroxylation is 1. The van der Waals surface area contributed by atoms with Crippen molar-refractivity contribution >= 4 is 16.8 Å². The number of carbonyl (C=O) groups is 1. The highest BCUT2D eigenvalue weighted by atomic mass is 16.5. The Morgan fingerprint density at radius 2 is 2.12 bits per heavy atom. The summed E-state index contributed by atoms with van der Waals surface area (Å²) >= 11 is 0. The van der Waals surface area contributed by atoms with Gasteiger partial charge in [-0.25, -0.2) is 4.98 Å². The average Bonchev–Trinajstić information content (AvgIpc) is 3.44. The molecule has 1 atom stereocenters. The van der Waals surface area contributed by atoms with Gasteiger partial charge in [0.05, 0.1) is 23.6 Å². The van der Waals surface area contributed by atoms with E-state index < -0.39 is 0 Å². The maximum Gasteiger partial charge on any atom is 0.261 e. The van der Waals surface area contributed by atoms with E-state index in [1.807, 2.05) is 40.7 Å². The molecule has 1 aromatic carbocycles. The molecule has 1 saturated heterocycles. The lowest BCUT2D eigenvalue weighted by atomic mass is 10.2. The predicted molar refractivity (Wildman–Crippen MR) is 94.6 cm³/mol. The lowest BCUT2D eigenvalue weighted by molar-refractivity contribution is -0.138. The molecule has 0 bridgehead atoms. The van der Waals surface area contributed by atoms with Gasteiger partial charge in [-0.05, 0) is 31.9 Å². The number of carbonyl (C=O) groups excluding carboxylic acids is 1. The summed E-state index contributed by atoms with van der Waals surface area (Å²) in [4.78, 5) is 31.9. The fourth-order valence-corrected chi connectivity index (χ4v) is 3.50. The highest BCUT2D eigenvalue weighted by Gasteiger charge is 2.29. The summed E-state index contributed by atoms with van der Waals surface area (Å²) in [5.41, 5.74) is 0.738. The van der Waals surface area contributed by atoms with Gasteiger partial charge in [0, 0.05) is 32.0 Å². The zero-order valence-corrected chi connectivity index (χ0v) is 14.5. The molecule has 1 aliphatic carbocycles. The van der Waals surface area contributed by atoms with Crippen LogP contribution in [0.25, 0.3) is 10.9 Å². The van der Waals surface area contributed by atoms with Crippen molar-refractivity contribution < 1.29 is 9.53 Å². The molecule has 0 N–H and O–H groups in total. The first-order chi connectivity index (χ1) is 12.1. The molecule has 25 heavy (non-hydrogen) atoms. The Morgan fingerprint density at radius 3 is 2.88 bits per heavy atom. The zero-order valence-electron chi connectivity index (χ0n) is 14.5. The van der Waals surface area contributed by atoms with Gasteiger partial charge in [0.2, 0.25) is 5.91 Å². The molecule has 6 nitrogen and oxygen atoms in total. The molecule has 1 aromatic heterocycles. The highest BCUT2D eigenvalue weighted by Crippen LogP contribution is 2.34. The smallest absolute Gasteiger partial charge is 0.261 e. The maximum atomic E-state index is 12.8. The Morgan fingerprint density at radius 1 is 1.32 bits per heavy atom. The summed E-state index contributed by atoms with van der Waals surface area (Å²) in [5.74, 6) is 0.848. The second-order valence-corrected chi connectivity index (χ2v) is 6.97. The molecule has 0 spiro atoms. The van der Waals surface area contributed by atoms with Crippen molar-refractivity contribution in [1.82, 2.24) is 14.5 Å². The van der Waals surface area contributed by atoms with Crippen LogP contribution in [0.1, 0.15) is 38.1 Å². The average molecular weight is 341 g/mol. The third-order valence-electron chi connectivity index (χ3n) is 4.95. The van der Waals surface area contributed by atoms with Crippen LogP contribution < -0.4 is 5.56 Å². The van der Waals surface area contributed by atoms with E-state index >= 15 is 0 Å². The van der Waals surface area contributed by atoms with Crippen LogP contribution in [0.4, 0.5) is 0 Å². The second-order valence-electron chi connectivity index (χ2n) is 6.97. The molecule has 2 aromatic rings. The maximum absolute atomic E-state index is 12.8. The number of rotatable bonds is 4. The van der Waals surface area contributed by atoms with Crippen LogP contribution >= 0.6 is 0 Å². The minimum absolute atomic E-state index is 0.0237. The van der Waals surface area contributed by atoms with Crippen molar-refractivity contribution in [3.05, 3.63) is 40.4 Å². The summed E-state index contributed by atoms with van der Waals surface area (Å²) in [6, 6.07) is 7.69. The van der Waals surface area contributed by atoms with E-state index in [0.717, 1.165) is 18.7 Å². The minimum Gasteiger partial charge on any atom is -0.375 e. The fraction of sp³-hybridized carbons (Fsp3) is 0.526. The van der Waals surface area contributed by atoms with Crippen LogP contribution in [0, 0.1) is 0 Å². The third-order valence-corrected chi connectivity index (χ3v) is 4.95. The van der Waals surface area contributed by atoms with E-state index in [4.69, 9.17) is 9.72 Å². The largest absolute Gasteiger partial charge is 0.375 e. The van der Waals surface area contributed by atoms with Crippen molar-refractivity contribution in [3.8, 4) is 0 Å². The molecule has 2 fully saturated rings. The van der Waals surface area contributed by atoms with Gasteiger partial charge in [0.15, 0.2) is 0 Å². The van der Waals surface area contributed by atoms with Crippen molar-refractivity contribution in [2.45, 2.75) is 44.8 Å². The first-order valence-corrected chi connectivity index (χ1v) is 9.03. The number of amides is 1. The van der Waals surface area contributed by atoms with E-state index in [-0.39, 0.29) is 23.6 Å². The number of morpholine rings is 1. The molecular formula is C19H23N3O3. The number of hydrogen-bond acceptors (Lipinski definition) is 4. The van der Waals surface area contributed by atoms with Crippen LogP contribution in [0.5, 0.6) is 0 Å². The molecule has 1 aliphatic heterocycles. The summed E-state index contributed by atoms with van der Waals surface area (Å²) in [7, 11) is 0. The van der Waals surface area contributed by atoms with E-state index in [0.29, 0.717) is 43.4 Å². The lowest BCUT2D eigenvalue weighted by Crippen LogP contribution is -2.44. The van der Waals surface area contributed by atoms with Crippen LogP contribution in [-0.4, -0.2) is 46.2 Å². The van der Waals surface area contributed by atoms with E-state index in [1.165, 1.54) is 0 Å². The molecular weight excluding hydrogens is 318 g/mol. The SMILES string of the molecule is C[C@@H]1CN(C(=O)CCc2nc3ccccc3c(=O)n2C2CC2)CCO1.